The van der Waals surface area contributed by atoms with Crippen molar-refractivity contribution in [3.05, 3.63) is 57.1 Å². The molecule has 2 bridgehead atoms. The van der Waals surface area contributed by atoms with E-state index in [4.69, 9.17) is 11.6 Å². The molecule has 6 rings (SSSR count). The van der Waals surface area contributed by atoms with Gasteiger partial charge in [-0.25, -0.2) is 0 Å². The molecule has 0 aromatic carbocycles. The molecule has 3 fully saturated rings. The van der Waals surface area contributed by atoms with E-state index in [1.807, 2.05) is 18.7 Å². The highest BCUT2D eigenvalue weighted by molar-refractivity contribution is 6.32. The number of carbonyl (C=O) groups excluding carboxylic acids is 1. The largest absolute Gasteiger partial charge is 0.433 e. The highest BCUT2D eigenvalue weighted by atomic mass is 35.5. The van der Waals surface area contributed by atoms with Gasteiger partial charge in [0.15, 0.2) is 0 Å². The highest BCUT2D eigenvalue weighted by Crippen LogP contribution is 2.74. The predicted molar refractivity (Wildman–Crippen MR) is 100 cm³/mol. The molecule has 152 valence electrons. The number of carbonyl (C=O) groups is 1. The van der Waals surface area contributed by atoms with Crippen molar-refractivity contribution in [2.45, 2.75) is 57.8 Å². The van der Waals surface area contributed by atoms with E-state index in [0.717, 1.165) is 28.6 Å². The Kier molecular flexibility index (Phi) is 3.72. The fourth-order valence-electron chi connectivity index (χ4n) is 5.42. The molecule has 3 saturated carbocycles. The third-order valence-corrected chi connectivity index (χ3v) is 7.43. The summed E-state index contributed by atoms with van der Waals surface area (Å²) in [5, 5.41) is 0.640. The Morgan fingerprint density at radius 1 is 1.21 bits per heavy atom. The van der Waals surface area contributed by atoms with Gasteiger partial charge >= 0.3 is 6.18 Å². The Bertz CT molecular complexity index is 1050. The molecule has 2 aromatic heterocycles. The van der Waals surface area contributed by atoms with Crippen molar-refractivity contribution in [3.63, 3.8) is 0 Å². The fourth-order valence-corrected chi connectivity index (χ4v) is 5.58. The van der Waals surface area contributed by atoms with Crippen molar-refractivity contribution in [3.8, 4) is 0 Å². The van der Waals surface area contributed by atoms with Gasteiger partial charge in [-0.1, -0.05) is 11.6 Å². The van der Waals surface area contributed by atoms with Crippen LogP contribution in [0.15, 0.2) is 18.3 Å². The molecular formula is C21H19ClF3N3O. The van der Waals surface area contributed by atoms with Gasteiger partial charge in [0.25, 0.3) is 0 Å². The van der Waals surface area contributed by atoms with E-state index in [1.165, 1.54) is 6.20 Å². The zero-order valence-corrected chi connectivity index (χ0v) is 16.8. The smallest absolute Gasteiger partial charge is 0.332 e. The third kappa shape index (κ3) is 2.56. The standard InChI is InChI=1S/C21H19ClF3N3O/c1-11-14-6-28(7-15(14)27-12(2)17(11)22)18(29)20-8-19(9-20,10-20)13-3-4-26-16(5-13)21(23,24)25/h3-5H,6-10H2,1-2H3. The first kappa shape index (κ1) is 18.9. The Morgan fingerprint density at radius 3 is 2.55 bits per heavy atom. The zero-order valence-electron chi connectivity index (χ0n) is 16.0. The Hall–Kier alpha value is -2.15. The molecular weight excluding hydrogens is 403 g/mol. The van der Waals surface area contributed by atoms with Crippen LogP contribution in [0.1, 0.15) is 53.0 Å². The number of alkyl halides is 3. The number of rotatable bonds is 2. The molecule has 0 saturated heterocycles. The van der Waals surface area contributed by atoms with Gasteiger partial charge in [-0.2, -0.15) is 13.2 Å². The second kappa shape index (κ2) is 5.72. The van der Waals surface area contributed by atoms with Crippen LogP contribution in [-0.4, -0.2) is 20.8 Å². The maximum atomic E-state index is 13.2. The van der Waals surface area contributed by atoms with Crippen molar-refractivity contribution in [2.75, 3.05) is 0 Å². The molecule has 29 heavy (non-hydrogen) atoms. The normalized spacial score (nSPS) is 27.3. The molecule has 4 aliphatic rings. The van der Waals surface area contributed by atoms with Crippen molar-refractivity contribution >= 4 is 17.5 Å². The van der Waals surface area contributed by atoms with Gasteiger partial charge in [0.2, 0.25) is 5.91 Å². The SMILES string of the molecule is Cc1nc2c(c(C)c1Cl)CN(C(=O)C13CC(c4ccnc(C(F)(F)F)c4)(C1)C3)C2. The van der Waals surface area contributed by atoms with Gasteiger partial charge in [0, 0.05) is 12.7 Å². The molecule has 4 nitrogen and oxygen atoms in total. The molecule has 0 N–H and O–H groups in total. The number of fused-ring (bicyclic) bond motifs is 1. The summed E-state index contributed by atoms with van der Waals surface area (Å²) in [4.78, 5) is 23.0. The number of hydrogen-bond acceptors (Lipinski definition) is 3. The molecule has 8 heteroatoms. The summed E-state index contributed by atoms with van der Waals surface area (Å²) < 4.78 is 38.9. The van der Waals surface area contributed by atoms with Gasteiger partial charge in [0.05, 0.1) is 28.4 Å². The van der Waals surface area contributed by atoms with Crippen LogP contribution in [0.3, 0.4) is 0 Å². The van der Waals surface area contributed by atoms with Crippen molar-refractivity contribution in [2.24, 2.45) is 5.41 Å². The molecule has 1 amide bonds. The van der Waals surface area contributed by atoms with E-state index in [0.29, 0.717) is 42.9 Å². The first-order valence-electron chi connectivity index (χ1n) is 9.52. The molecule has 3 aliphatic carbocycles. The summed E-state index contributed by atoms with van der Waals surface area (Å²) in [6.07, 6.45) is -1.46. The van der Waals surface area contributed by atoms with Crippen molar-refractivity contribution < 1.29 is 18.0 Å². The summed E-state index contributed by atoms with van der Waals surface area (Å²) in [6, 6.07) is 2.78. The maximum Gasteiger partial charge on any atom is 0.433 e. The minimum Gasteiger partial charge on any atom is -0.332 e. The number of pyridine rings is 2. The lowest BCUT2D eigenvalue weighted by Crippen LogP contribution is -2.70. The van der Waals surface area contributed by atoms with Crippen LogP contribution in [0.25, 0.3) is 0 Å². The summed E-state index contributed by atoms with van der Waals surface area (Å²) >= 11 is 6.30. The Labute approximate surface area is 171 Å². The number of aryl methyl sites for hydroxylation is 1. The lowest BCUT2D eigenvalue weighted by Gasteiger charge is -2.70. The van der Waals surface area contributed by atoms with Crippen LogP contribution in [0.2, 0.25) is 5.02 Å². The topological polar surface area (TPSA) is 46.1 Å². The Balaban J connectivity index is 1.32. The highest BCUT2D eigenvalue weighted by Gasteiger charge is 2.72. The number of amides is 1. The van der Waals surface area contributed by atoms with Gasteiger partial charge in [0.1, 0.15) is 5.69 Å². The second-order valence-electron chi connectivity index (χ2n) is 8.74. The van der Waals surface area contributed by atoms with Crippen LogP contribution in [0.5, 0.6) is 0 Å². The molecule has 3 heterocycles. The average Bonchev–Trinajstić information content (AvgIpc) is 3.01. The molecule has 0 radical (unpaired) electrons. The zero-order chi connectivity index (χ0) is 20.8. The van der Waals surface area contributed by atoms with E-state index in [1.54, 1.807) is 6.07 Å². The quantitative estimate of drug-likeness (QED) is 0.704. The van der Waals surface area contributed by atoms with E-state index >= 15 is 0 Å². The molecule has 0 atom stereocenters. The number of aromatic nitrogens is 2. The number of hydrogen-bond donors (Lipinski definition) is 0. The lowest BCUT2D eigenvalue weighted by molar-refractivity contribution is -0.188. The molecule has 0 unspecified atom stereocenters. The van der Waals surface area contributed by atoms with Gasteiger partial charge in [-0.15, -0.1) is 0 Å². The summed E-state index contributed by atoms with van der Waals surface area (Å²) in [5.41, 5.74) is 2.63. The monoisotopic (exact) mass is 421 g/mol. The molecule has 2 aromatic rings. The van der Waals surface area contributed by atoms with Crippen molar-refractivity contribution in [1.29, 1.82) is 0 Å². The van der Waals surface area contributed by atoms with Crippen LogP contribution < -0.4 is 0 Å². The van der Waals surface area contributed by atoms with Gasteiger partial charge in [-0.05, 0) is 67.3 Å². The lowest BCUT2D eigenvalue weighted by atomic mass is 9.33. The first-order chi connectivity index (χ1) is 13.5. The van der Waals surface area contributed by atoms with Crippen LogP contribution >= 0.6 is 11.6 Å². The Morgan fingerprint density at radius 2 is 1.90 bits per heavy atom. The first-order valence-corrected chi connectivity index (χ1v) is 9.90. The van der Waals surface area contributed by atoms with Crippen LogP contribution in [0.4, 0.5) is 13.2 Å². The summed E-state index contributed by atoms with van der Waals surface area (Å²) in [7, 11) is 0. The minimum atomic E-state index is -4.46. The van der Waals surface area contributed by atoms with E-state index in [9.17, 15) is 18.0 Å². The maximum absolute atomic E-state index is 13.2. The number of nitrogens with zero attached hydrogens (tertiary/aromatic N) is 3. The average molecular weight is 422 g/mol. The van der Waals surface area contributed by atoms with Gasteiger partial charge in [-0.3, -0.25) is 14.8 Å². The third-order valence-electron chi connectivity index (χ3n) is 6.87. The van der Waals surface area contributed by atoms with E-state index in [-0.39, 0.29) is 11.3 Å². The van der Waals surface area contributed by atoms with Crippen LogP contribution in [0, 0.1) is 19.3 Å². The van der Waals surface area contributed by atoms with Gasteiger partial charge < -0.3 is 4.90 Å². The minimum absolute atomic E-state index is 0.0793. The van der Waals surface area contributed by atoms with Crippen LogP contribution in [-0.2, 0) is 29.5 Å². The van der Waals surface area contributed by atoms with E-state index < -0.39 is 17.3 Å². The summed E-state index contributed by atoms with van der Waals surface area (Å²) in [6.45, 7) is 4.76. The molecule has 0 spiro atoms. The summed E-state index contributed by atoms with van der Waals surface area (Å²) in [5.74, 6) is 0.0793. The fraction of sp³-hybridized carbons (Fsp3) is 0.476. The molecule has 1 aliphatic heterocycles. The second-order valence-corrected chi connectivity index (χ2v) is 9.12. The predicted octanol–water partition coefficient (Wildman–Crippen LogP) is 4.73. The van der Waals surface area contributed by atoms with E-state index in [2.05, 4.69) is 9.97 Å². The number of halogens is 4. The van der Waals surface area contributed by atoms with Crippen molar-refractivity contribution in [1.82, 2.24) is 14.9 Å².